The van der Waals surface area contributed by atoms with Crippen LogP contribution in [-0.4, -0.2) is 68.3 Å². The zero-order valence-corrected chi connectivity index (χ0v) is 16.8. The van der Waals surface area contributed by atoms with Crippen molar-refractivity contribution in [3.05, 3.63) is 54.6 Å². The molecule has 4 rings (SSSR count). The molecule has 2 aliphatic heterocycles. The van der Waals surface area contributed by atoms with E-state index in [1.807, 2.05) is 18.2 Å². The molecule has 2 heterocycles. The summed E-state index contributed by atoms with van der Waals surface area (Å²) in [5, 5.41) is 12.6. The Labute approximate surface area is 172 Å². The number of aromatic hydroxyl groups is 1. The molecule has 2 N–H and O–H groups in total. The maximum absolute atomic E-state index is 12.4. The van der Waals surface area contributed by atoms with Crippen LogP contribution in [0.1, 0.15) is 6.42 Å². The first kappa shape index (κ1) is 19.6. The lowest BCUT2D eigenvalue weighted by molar-refractivity contribution is -0.122. The molecule has 2 aliphatic rings. The fourth-order valence-electron chi connectivity index (χ4n) is 4.22. The molecule has 1 amide bonds. The molecule has 1 atom stereocenters. The van der Waals surface area contributed by atoms with Gasteiger partial charge in [0.15, 0.2) is 0 Å². The van der Waals surface area contributed by atoms with Crippen molar-refractivity contribution in [1.82, 2.24) is 10.2 Å². The first-order valence-electron chi connectivity index (χ1n) is 10.5. The number of benzene rings is 2. The number of phenols is 1. The number of hydrogen-bond acceptors (Lipinski definition) is 5. The van der Waals surface area contributed by atoms with Crippen LogP contribution in [0.15, 0.2) is 54.6 Å². The Morgan fingerprint density at radius 1 is 0.897 bits per heavy atom. The summed E-state index contributed by atoms with van der Waals surface area (Å²) in [5.74, 6) is 0.935. The minimum absolute atomic E-state index is 0.126. The largest absolute Gasteiger partial charge is 0.508 e. The van der Waals surface area contributed by atoms with Crippen molar-refractivity contribution >= 4 is 17.3 Å². The van der Waals surface area contributed by atoms with E-state index in [0.29, 0.717) is 18.2 Å². The zero-order chi connectivity index (χ0) is 20.1. The summed E-state index contributed by atoms with van der Waals surface area (Å²) in [6.07, 6.45) is 1.13. The first-order chi connectivity index (χ1) is 14.2. The van der Waals surface area contributed by atoms with E-state index in [2.05, 4.69) is 44.3 Å². The van der Waals surface area contributed by atoms with Crippen molar-refractivity contribution in [3.63, 3.8) is 0 Å². The minimum Gasteiger partial charge on any atom is -0.508 e. The number of nitrogens with zero attached hydrogens (tertiary/aromatic N) is 3. The summed E-state index contributed by atoms with van der Waals surface area (Å²) in [6, 6.07) is 17.8. The number of piperazine rings is 1. The van der Waals surface area contributed by atoms with E-state index >= 15 is 0 Å². The van der Waals surface area contributed by atoms with Gasteiger partial charge < -0.3 is 20.2 Å². The van der Waals surface area contributed by atoms with Crippen LogP contribution in [0.5, 0.6) is 5.75 Å². The molecule has 0 saturated carbocycles. The molecule has 2 saturated heterocycles. The van der Waals surface area contributed by atoms with Gasteiger partial charge in [0.2, 0.25) is 5.91 Å². The lowest BCUT2D eigenvalue weighted by Gasteiger charge is -2.35. The molecule has 0 bridgehead atoms. The van der Waals surface area contributed by atoms with Gasteiger partial charge in [0.05, 0.1) is 6.54 Å². The molecule has 0 aromatic heterocycles. The van der Waals surface area contributed by atoms with E-state index in [9.17, 15) is 9.90 Å². The maximum Gasteiger partial charge on any atom is 0.234 e. The third-order valence-electron chi connectivity index (χ3n) is 5.95. The second-order valence-electron chi connectivity index (χ2n) is 8.02. The Hall–Kier alpha value is -2.73. The summed E-state index contributed by atoms with van der Waals surface area (Å²) in [6.45, 7) is 6.84. The van der Waals surface area contributed by atoms with Crippen molar-refractivity contribution in [2.75, 3.05) is 62.2 Å². The SMILES string of the molecule is O=C(CN1CCN(c2ccc(O)cc2)CC1)NCC1CCN(c2ccccc2)C1. The molecule has 2 aromatic rings. The molecular formula is C23H30N4O2. The van der Waals surface area contributed by atoms with Gasteiger partial charge in [0, 0.05) is 57.2 Å². The molecule has 1 unspecified atom stereocenters. The third-order valence-corrected chi connectivity index (χ3v) is 5.95. The smallest absolute Gasteiger partial charge is 0.234 e. The molecule has 154 valence electrons. The van der Waals surface area contributed by atoms with Crippen LogP contribution < -0.4 is 15.1 Å². The van der Waals surface area contributed by atoms with Crippen LogP contribution in [0, 0.1) is 5.92 Å². The van der Waals surface area contributed by atoms with Gasteiger partial charge in [-0.15, -0.1) is 0 Å². The second kappa shape index (κ2) is 9.18. The normalized spacial score (nSPS) is 20.1. The van der Waals surface area contributed by atoms with E-state index in [0.717, 1.165) is 57.9 Å². The minimum atomic E-state index is 0.126. The highest BCUT2D eigenvalue weighted by Crippen LogP contribution is 2.23. The monoisotopic (exact) mass is 394 g/mol. The van der Waals surface area contributed by atoms with Gasteiger partial charge in [-0.1, -0.05) is 18.2 Å². The Morgan fingerprint density at radius 3 is 2.31 bits per heavy atom. The molecule has 0 spiro atoms. The van der Waals surface area contributed by atoms with Crippen LogP contribution >= 0.6 is 0 Å². The number of phenolic OH excluding ortho intramolecular Hbond substituents is 1. The first-order valence-corrected chi connectivity index (χ1v) is 10.5. The predicted molar refractivity (Wildman–Crippen MR) is 117 cm³/mol. The Kier molecular flexibility index (Phi) is 6.20. The molecule has 2 fully saturated rings. The number of anilines is 2. The predicted octanol–water partition coefficient (Wildman–Crippen LogP) is 2.16. The van der Waals surface area contributed by atoms with Gasteiger partial charge >= 0.3 is 0 Å². The Morgan fingerprint density at radius 2 is 1.59 bits per heavy atom. The van der Waals surface area contributed by atoms with Crippen LogP contribution in [0.4, 0.5) is 11.4 Å². The van der Waals surface area contributed by atoms with Gasteiger partial charge in [-0.05, 0) is 48.7 Å². The van der Waals surface area contributed by atoms with Crippen molar-refractivity contribution in [2.24, 2.45) is 5.92 Å². The number of rotatable bonds is 6. The topological polar surface area (TPSA) is 59.1 Å². The van der Waals surface area contributed by atoms with Gasteiger partial charge in [-0.3, -0.25) is 9.69 Å². The van der Waals surface area contributed by atoms with Crippen molar-refractivity contribution in [3.8, 4) is 5.75 Å². The number of carbonyl (C=O) groups excluding carboxylic acids is 1. The van der Waals surface area contributed by atoms with Gasteiger partial charge in [-0.25, -0.2) is 0 Å². The van der Waals surface area contributed by atoms with Crippen LogP contribution in [0.3, 0.4) is 0 Å². The lowest BCUT2D eigenvalue weighted by atomic mass is 10.1. The van der Waals surface area contributed by atoms with Crippen molar-refractivity contribution in [2.45, 2.75) is 6.42 Å². The highest BCUT2D eigenvalue weighted by Gasteiger charge is 2.24. The fourth-order valence-corrected chi connectivity index (χ4v) is 4.22. The quantitative estimate of drug-likeness (QED) is 0.786. The fraction of sp³-hybridized carbons (Fsp3) is 0.435. The van der Waals surface area contributed by atoms with Crippen molar-refractivity contribution in [1.29, 1.82) is 0 Å². The highest BCUT2D eigenvalue weighted by atomic mass is 16.3. The molecule has 2 aromatic carbocycles. The van der Waals surface area contributed by atoms with Crippen LogP contribution in [-0.2, 0) is 4.79 Å². The lowest BCUT2D eigenvalue weighted by Crippen LogP contribution is -2.49. The van der Waals surface area contributed by atoms with Gasteiger partial charge in [0.1, 0.15) is 5.75 Å². The van der Waals surface area contributed by atoms with Gasteiger partial charge in [0.25, 0.3) is 0 Å². The number of nitrogens with one attached hydrogen (secondary N) is 1. The van der Waals surface area contributed by atoms with E-state index in [1.165, 1.54) is 5.69 Å². The molecule has 29 heavy (non-hydrogen) atoms. The molecule has 6 nitrogen and oxygen atoms in total. The second-order valence-corrected chi connectivity index (χ2v) is 8.02. The average Bonchev–Trinajstić information content (AvgIpc) is 3.23. The van der Waals surface area contributed by atoms with Gasteiger partial charge in [-0.2, -0.15) is 0 Å². The summed E-state index contributed by atoms with van der Waals surface area (Å²) >= 11 is 0. The third kappa shape index (κ3) is 5.21. The maximum atomic E-state index is 12.4. The van der Waals surface area contributed by atoms with Crippen LogP contribution in [0.2, 0.25) is 0 Å². The summed E-state index contributed by atoms with van der Waals surface area (Å²) < 4.78 is 0. The van der Waals surface area contributed by atoms with Crippen LogP contribution in [0.25, 0.3) is 0 Å². The highest BCUT2D eigenvalue weighted by molar-refractivity contribution is 5.78. The average molecular weight is 395 g/mol. The Bertz CT molecular complexity index is 788. The molecule has 0 radical (unpaired) electrons. The summed E-state index contributed by atoms with van der Waals surface area (Å²) in [4.78, 5) is 19.3. The summed E-state index contributed by atoms with van der Waals surface area (Å²) in [7, 11) is 0. The zero-order valence-electron chi connectivity index (χ0n) is 16.8. The number of amides is 1. The van der Waals surface area contributed by atoms with Crippen molar-refractivity contribution < 1.29 is 9.90 Å². The number of para-hydroxylation sites is 1. The van der Waals surface area contributed by atoms with E-state index < -0.39 is 0 Å². The number of hydrogen-bond donors (Lipinski definition) is 2. The molecular weight excluding hydrogens is 364 g/mol. The Balaban J connectivity index is 1.16. The number of carbonyl (C=O) groups is 1. The van der Waals surface area contributed by atoms with E-state index in [-0.39, 0.29) is 5.91 Å². The standard InChI is InChI=1S/C23H30N4O2/c28-22-8-6-21(7-9-22)26-14-12-25(13-15-26)18-23(29)24-16-19-10-11-27(17-19)20-4-2-1-3-5-20/h1-9,19,28H,10-18H2,(H,24,29). The molecule has 0 aliphatic carbocycles. The molecule has 6 heteroatoms. The summed E-state index contributed by atoms with van der Waals surface area (Å²) in [5.41, 5.74) is 2.39. The van der Waals surface area contributed by atoms with E-state index in [4.69, 9.17) is 0 Å². The van der Waals surface area contributed by atoms with E-state index in [1.54, 1.807) is 12.1 Å².